The van der Waals surface area contributed by atoms with Gasteiger partial charge in [-0.3, -0.25) is 19.2 Å². The second-order valence-electron chi connectivity index (χ2n) is 10.6. The lowest BCUT2D eigenvalue weighted by Gasteiger charge is -2.39. The van der Waals surface area contributed by atoms with Crippen molar-refractivity contribution in [1.29, 1.82) is 0 Å². The van der Waals surface area contributed by atoms with E-state index in [9.17, 15) is 18.0 Å². The number of hydrogen-bond acceptors (Lipinski definition) is 5. The Hall–Kier alpha value is -3.40. The second kappa shape index (κ2) is 12.0. The second-order valence-corrected chi connectivity index (χ2v) is 12.7. The van der Waals surface area contributed by atoms with Gasteiger partial charge in [-0.2, -0.15) is 0 Å². The van der Waals surface area contributed by atoms with E-state index in [2.05, 4.69) is 32.4 Å². The molecule has 40 heavy (non-hydrogen) atoms. The smallest absolute Gasteiger partial charge is 0.261 e. The van der Waals surface area contributed by atoms with Crippen LogP contribution in [0.4, 0.5) is 5.69 Å². The Balaban J connectivity index is 1.14. The zero-order valence-corrected chi connectivity index (χ0v) is 23.8. The molecule has 3 aromatic carbocycles. The molecule has 0 saturated carbocycles. The third-order valence-corrected chi connectivity index (χ3v) is 9.32. The van der Waals surface area contributed by atoms with Gasteiger partial charge in [0.2, 0.25) is 5.91 Å². The molecule has 2 aliphatic heterocycles. The number of amides is 2. The summed E-state index contributed by atoms with van der Waals surface area (Å²) in [4.78, 5) is 28.3. The number of nitrogens with zero attached hydrogens (tertiary/aromatic N) is 1. The van der Waals surface area contributed by atoms with E-state index in [1.54, 1.807) is 24.3 Å². The predicted molar refractivity (Wildman–Crippen MR) is 156 cm³/mol. The molecule has 0 radical (unpaired) electrons. The minimum Gasteiger partial charge on any atom is -0.352 e. The lowest BCUT2D eigenvalue weighted by atomic mass is 9.96. The van der Waals surface area contributed by atoms with Crippen LogP contribution < -0.4 is 15.4 Å². The number of rotatable bonds is 9. The molecule has 10 heteroatoms. The van der Waals surface area contributed by atoms with Crippen LogP contribution in [0.25, 0.3) is 0 Å². The normalized spacial score (nSPS) is 20.6. The van der Waals surface area contributed by atoms with E-state index in [0.29, 0.717) is 12.1 Å². The van der Waals surface area contributed by atoms with Gasteiger partial charge in [-0.1, -0.05) is 53.6 Å². The van der Waals surface area contributed by atoms with Gasteiger partial charge in [-0.25, -0.2) is 8.42 Å². The molecular weight excluding hydrogens is 548 g/mol. The van der Waals surface area contributed by atoms with Gasteiger partial charge in [0.25, 0.3) is 15.9 Å². The highest BCUT2D eigenvalue weighted by Gasteiger charge is 2.40. The number of anilines is 1. The molecule has 5 rings (SSSR count). The lowest BCUT2D eigenvalue weighted by molar-refractivity contribution is -0.121. The molecule has 1 unspecified atom stereocenters. The average Bonchev–Trinajstić information content (AvgIpc) is 3.15. The van der Waals surface area contributed by atoms with Gasteiger partial charge < -0.3 is 10.6 Å². The van der Waals surface area contributed by atoms with Gasteiger partial charge in [0.15, 0.2) is 0 Å². The van der Waals surface area contributed by atoms with E-state index >= 15 is 0 Å². The van der Waals surface area contributed by atoms with Gasteiger partial charge in [0.1, 0.15) is 0 Å². The van der Waals surface area contributed by atoms with E-state index in [1.807, 2.05) is 19.1 Å². The summed E-state index contributed by atoms with van der Waals surface area (Å²) in [7, 11) is -3.89. The third-order valence-electron chi connectivity index (χ3n) is 7.68. The van der Waals surface area contributed by atoms with Crippen molar-refractivity contribution in [3.05, 3.63) is 94.5 Å². The number of piperidine rings is 1. The molecule has 0 spiro atoms. The Morgan fingerprint density at radius 1 is 0.925 bits per heavy atom. The average molecular weight is 581 g/mol. The van der Waals surface area contributed by atoms with Crippen molar-refractivity contribution in [2.75, 3.05) is 11.3 Å². The number of carbonyl (C=O) groups excluding carboxylic acids is 2. The molecule has 3 atom stereocenters. The summed E-state index contributed by atoms with van der Waals surface area (Å²) in [5.41, 5.74) is 2.45. The molecule has 2 heterocycles. The van der Waals surface area contributed by atoms with Gasteiger partial charge in [0.05, 0.1) is 22.7 Å². The summed E-state index contributed by atoms with van der Waals surface area (Å²) in [6.45, 7) is 2.55. The molecule has 8 nitrogen and oxygen atoms in total. The van der Waals surface area contributed by atoms with E-state index < -0.39 is 15.9 Å². The number of fused-ring (bicyclic) bond motifs is 2. The van der Waals surface area contributed by atoms with Crippen molar-refractivity contribution in [3.8, 4) is 0 Å². The maximum Gasteiger partial charge on any atom is 0.261 e. The highest BCUT2D eigenvalue weighted by molar-refractivity contribution is 7.92. The maximum atomic E-state index is 12.9. The Bertz CT molecular complexity index is 1460. The van der Waals surface area contributed by atoms with Crippen LogP contribution in [0.5, 0.6) is 0 Å². The Morgan fingerprint density at radius 3 is 2.25 bits per heavy atom. The van der Waals surface area contributed by atoms with Crippen LogP contribution >= 0.6 is 11.6 Å². The van der Waals surface area contributed by atoms with Crippen LogP contribution in [0.3, 0.4) is 0 Å². The number of halogens is 1. The summed E-state index contributed by atoms with van der Waals surface area (Å²) >= 11 is 6.02. The first-order chi connectivity index (χ1) is 19.2. The van der Waals surface area contributed by atoms with Crippen molar-refractivity contribution in [2.24, 2.45) is 0 Å². The van der Waals surface area contributed by atoms with Crippen molar-refractivity contribution in [3.63, 3.8) is 0 Å². The van der Waals surface area contributed by atoms with Crippen LogP contribution in [0.2, 0.25) is 5.02 Å². The highest BCUT2D eigenvalue weighted by atomic mass is 35.5. The van der Waals surface area contributed by atoms with E-state index in [1.165, 1.54) is 29.8 Å². The molecule has 2 bridgehead atoms. The molecule has 2 amide bonds. The van der Waals surface area contributed by atoms with Crippen LogP contribution in [-0.4, -0.2) is 49.8 Å². The number of para-hydroxylation sites is 1. The first-order valence-corrected chi connectivity index (χ1v) is 15.3. The van der Waals surface area contributed by atoms with Crippen LogP contribution in [0.1, 0.15) is 47.2 Å². The van der Waals surface area contributed by atoms with Crippen molar-refractivity contribution >= 4 is 39.1 Å². The topological polar surface area (TPSA) is 108 Å². The molecule has 3 aromatic rings. The SMILES string of the molecule is Cc1ccc(S(=O)(=O)Nc2ccccc2C(=O)NCC(=O)NC2C[C@H]3CC[C@@H](C2)N3Cc2ccc(Cl)cc2)cc1. The fraction of sp³-hybridized carbons (Fsp3) is 0.333. The van der Waals surface area contributed by atoms with Crippen molar-refractivity contribution in [1.82, 2.24) is 15.5 Å². The molecule has 3 N–H and O–H groups in total. The fourth-order valence-corrected chi connectivity index (χ4v) is 6.88. The highest BCUT2D eigenvalue weighted by Crippen LogP contribution is 2.37. The third kappa shape index (κ3) is 6.66. The number of benzene rings is 3. The van der Waals surface area contributed by atoms with Gasteiger partial charge >= 0.3 is 0 Å². The Morgan fingerprint density at radius 2 is 1.57 bits per heavy atom. The minimum atomic E-state index is -3.89. The molecule has 0 aliphatic carbocycles. The van der Waals surface area contributed by atoms with Crippen molar-refractivity contribution in [2.45, 2.75) is 62.2 Å². The summed E-state index contributed by atoms with van der Waals surface area (Å²) in [6.07, 6.45) is 3.95. The monoisotopic (exact) mass is 580 g/mol. The largest absolute Gasteiger partial charge is 0.352 e. The first-order valence-electron chi connectivity index (χ1n) is 13.4. The van der Waals surface area contributed by atoms with Crippen LogP contribution in [0.15, 0.2) is 77.7 Å². The number of carbonyl (C=O) groups is 2. The predicted octanol–water partition coefficient (Wildman–Crippen LogP) is 4.49. The Kier molecular flexibility index (Phi) is 8.44. The fourth-order valence-electron chi connectivity index (χ4n) is 5.68. The molecule has 2 saturated heterocycles. The molecular formula is C30H33ClN4O4S. The molecule has 210 valence electrons. The number of hydrogen-bond donors (Lipinski definition) is 3. The zero-order valence-electron chi connectivity index (χ0n) is 22.3. The van der Waals surface area contributed by atoms with Gasteiger partial charge in [0, 0.05) is 29.7 Å². The minimum absolute atomic E-state index is 0.0528. The summed E-state index contributed by atoms with van der Waals surface area (Å²) in [5, 5.41) is 6.46. The quantitative estimate of drug-likeness (QED) is 0.346. The zero-order chi connectivity index (χ0) is 28.3. The van der Waals surface area contributed by atoms with Gasteiger partial charge in [-0.15, -0.1) is 0 Å². The summed E-state index contributed by atoms with van der Waals surface area (Å²) in [6, 6.07) is 21.6. The summed E-state index contributed by atoms with van der Waals surface area (Å²) in [5.74, 6) is -0.795. The standard InChI is InChI=1S/C30H33ClN4O4S/c1-20-6-14-26(15-7-20)40(38,39)34-28-5-3-2-4-27(28)30(37)32-18-29(36)33-23-16-24-12-13-25(17-23)35(24)19-21-8-10-22(31)11-9-21/h2-11,14-15,23-25,34H,12-13,16-19H2,1H3,(H,32,37)(H,33,36)/t23?,24-,25+. The number of aryl methyl sites for hydroxylation is 1. The lowest BCUT2D eigenvalue weighted by Crippen LogP contribution is -2.51. The van der Waals surface area contributed by atoms with Crippen molar-refractivity contribution < 1.29 is 18.0 Å². The molecule has 0 aromatic heterocycles. The van der Waals surface area contributed by atoms with E-state index in [0.717, 1.165) is 42.8 Å². The van der Waals surface area contributed by atoms with E-state index in [4.69, 9.17) is 11.6 Å². The summed E-state index contributed by atoms with van der Waals surface area (Å²) < 4.78 is 28.2. The first kappa shape index (κ1) is 28.1. The van der Waals surface area contributed by atoms with Crippen LogP contribution in [0, 0.1) is 6.92 Å². The molecule has 2 fully saturated rings. The number of nitrogens with one attached hydrogen (secondary N) is 3. The molecule has 2 aliphatic rings. The van der Waals surface area contributed by atoms with Crippen LogP contribution in [-0.2, 0) is 21.4 Å². The maximum absolute atomic E-state index is 12.9. The number of sulfonamides is 1. The van der Waals surface area contributed by atoms with Gasteiger partial charge in [-0.05, 0) is 74.6 Å². The Labute approximate surface area is 240 Å². The van der Waals surface area contributed by atoms with E-state index in [-0.39, 0.29) is 34.6 Å².